The van der Waals surface area contributed by atoms with Crippen LogP contribution in [0.15, 0.2) is 59.6 Å². The zero-order valence-electron chi connectivity index (χ0n) is 21.3. The number of ether oxygens (including phenoxy) is 2. The summed E-state index contributed by atoms with van der Waals surface area (Å²) in [6.45, 7) is 0.661. The molecule has 0 aliphatic heterocycles. The number of nitrogens with one attached hydrogen (secondary N) is 1. The van der Waals surface area contributed by atoms with Gasteiger partial charge >= 0.3 is 6.61 Å². The van der Waals surface area contributed by atoms with E-state index in [0.29, 0.717) is 27.5 Å². The molecule has 13 heteroatoms. The lowest BCUT2D eigenvalue weighted by Gasteiger charge is -2.09. The summed E-state index contributed by atoms with van der Waals surface area (Å²) in [6, 6.07) is 12.0. The van der Waals surface area contributed by atoms with Gasteiger partial charge in [-0.1, -0.05) is 0 Å². The molecule has 0 saturated heterocycles. The van der Waals surface area contributed by atoms with Gasteiger partial charge in [-0.25, -0.2) is 27.5 Å². The van der Waals surface area contributed by atoms with Gasteiger partial charge in [0.2, 0.25) is 10.0 Å². The maximum absolute atomic E-state index is 13.1. The molecule has 0 unspecified atom stereocenters. The molecule has 3 aromatic carbocycles. The molecule has 0 amide bonds. The van der Waals surface area contributed by atoms with Crippen LogP contribution in [0.1, 0.15) is 16.8 Å². The number of thiazole rings is 1. The maximum atomic E-state index is 13.1. The fourth-order valence-corrected chi connectivity index (χ4v) is 6.19. The zero-order valence-corrected chi connectivity index (χ0v) is 23.0. The molecule has 2 aromatic heterocycles. The van der Waals surface area contributed by atoms with E-state index in [2.05, 4.69) is 19.4 Å². The number of alkyl halides is 2. The smallest absolute Gasteiger partial charge is 0.345 e. The lowest BCUT2D eigenvalue weighted by molar-refractivity contribution is -0.137. The number of aromatic nitrogens is 3. The predicted octanol–water partition coefficient (Wildman–Crippen LogP) is 5.76. The van der Waals surface area contributed by atoms with Crippen molar-refractivity contribution in [3.63, 3.8) is 0 Å². The number of benzene rings is 3. The van der Waals surface area contributed by atoms with Crippen molar-refractivity contribution in [2.24, 2.45) is 0 Å². The molecule has 5 rings (SSSR count). The standard InChI is InChI=1S/C27H23F3N4O4S2/c1-15-9-21(25-22(10-15)33-18(13-31-25)14-38-27(29)30)26-34-24-16(2)11-19(12-23(24)39-26)37-8-7-32-40(35,36)20-5-3-17(28)4-6-20/h3-6,9-13,27,32H,7-8,14H2,1-2H3. The Morgan fingerprint density at radius 1 is 1.02 bits per heavy atom. The Bertz CT molecular complexity index is 1800. The topological polar surface area (TPSA) is 103 Å². The van der Waals surface area contributed by atoms with Crippen molar-refractivity contribution in [1.29, 1.82) is 0 Å². The average Bonchev–Trinajstić information content (AvgIpc) is 3.34. The van der Waals surface area contributed by atoms with E-state index in [1.165, 1.54) is 29.7 Å². The van der Waals surface area contributed by atoms with E-state index in [-0.39, 0.29) is 24.7 Å². The van der Waals surface area contributed by atoms with Crippen LogP contribution in [0.5, 0.6) is 5.75 Å². The van der Waals surface area contributed by atoms with Crippen molar-refractivity contribution in [3.8, 4) is 16.3 Å². The van der Waals surface area contributed by atoms with Crippen molar-refractivity contribution in [2.75, 3.05) is 13.2 Å². The highest BCUT2D eigenvalue weighted by Crippen LogP contribution is 2.37. The lowest BCUT2D eigenvalue weighted by atomic mass is 10.1. The highest BCUT2D eigenvalue weighted by Gasteiger charge is 2.17. The van der Waals surface area contributed by atoms with E-state index in [4.69, 9.17) is 9.72 Å². The Morgan fingerprint density at radius 3 is 2.55 bits per heavy atom. The third-order valence-electron chi connectivity index (χ3n) is 5.87. The van der Waals surface area contributed by atoms with Gasteiger partial charge < -0.3 is 9.47 Å². The van der Waals surface area contributed by atoms with Crippen LogP contribution in [-0.4, -0.2) is 43.1 Å². The summed E-state index contributed by atoms with van der Waals surface area (Å²) in [5, 5.41) is 0.710. The van der Waals surface area contributed by atoms with E-state index in [9.17, 15) is 21.6 Å². The maximum Gasteiger partial charge on any atom is 0.345 e. The minimum atomic E-state index is -3.79. The quantitative estimate of drug-likeness (QED) is 0.207. The van der Waals surface area contributed by atoms with Crippen LogP contribution >= 0.6 is 11.3 Å². The first kappa shape index (κ1) is 27.9. The number of sulfonamides is 1. The summed E-state index contributed by atoms with van der Waals surface area (Å²) in [5.74, 6) is 0.0355. The van der Waals surface area contributed by atoms with Crippen molar-refractivity contribution in [3.05, 3.63) is 77.4 Å². The van der Waals surface area contributed by atoms with Crippen LogP contribution in [0.3, 0.4) is 0 Å². The number of nitrogens with zero attached hydrogens (tertiary/aromatic N) is 3. The number of fused-ring (bicyclic) bond motifs is 2. The molecule has 8 nitrogen and oxygen atoms in total. The fraction of sp³-hybridized carbons (Fsp3) is 0.222. The Balaban J connectivity index is 1.34. The monoisotopic (exact) mass is 588 g/mol. The molecule has 0 saturated carbocycles. The Hall–Kier alpha value is -3.65. The Morgan fingerprint density at radius 2 is 1.80 bits per heavy atom. The minimum absolute atomic E-state index is 0.0169. The van der Waals surface area contributed by atoms with Gasteiger partial charge in [-0.2, -0.15) is 8.78 Å². The van der Waals surface area contributed by atoms with Crippen LogP contribution < -0.4 is 9.46 Å². The molecule has 0 aliphatic rings. The van der Waals surface area contributed by atoms with Crippen molar-refractivity contribution < 1.29 is 31.1 Å². The first-order chi connectivity index (χ1) is 19.1. The van der Waals surface area contributed by atoms with Gasteiger partial charge in [-0.15, -0.1) is 11.3 Å². The fourth-order valence-electron chi connectivity index (χ4n) is 4.09. The van der Waals surface area contributed by atoms with Crippen LogP contribution in [-0.2, 0) is 21.4 Å². The van der Waals surface area contributed by atoms with Crippen molar-refractivity contribution in [2.45, 2.75) is 32.0 Å². The predicted molar refractivity (Wildman–Crippen MR) is 146 cm³/mol. The molecule has 208 valence electrons. The number of hydrogen-bond acceptors (Lipinski definition) is 8. The summed E-state index contributed by atoms with van der Waals surface area (Å²) < 4.78 is 76.2. The molecule has 0 spiro atoms. The molecule has 0 atom stereocenters. The normalized spacial score (nSPS) is 12.1. The summed E-state index contributed by atoms with van der Waals surface area (Å²) in [5.41, 5.74) is 4.77. The number of halogens is 3. The second-order valence-electron chi connectivity index (χ2n) is 8.92. The molecular weight excluding hydrogens is 565 g/mol. The van der Waals surface area contributed by atoms with E-state index in [0.717, 1.165) is 39.0 Å². The molecule has 5 aromatic rings. The van der Waals surface area contributed by atoms with E-state index >= 15 is 0 Å². The van der Waals surface area contributed by atoms with E-state index < -0.39 is 22.5 Å². The largest absolute Gasteiger partial charge is 0.492 e. The summed E-state index contributed by atoms with van der Waals surface area (Å²) in [7, 11) is -3.79. The SMILES string of the molecule is Cc1cc(-c2nc3c(C)cc(OCCNS(=O)(=O)c4ccc(F)cc4)cc3s2)c2ncc(COC(F)F)nc2c1. The number of aryl methyl sites for hydroxylation is 2. The average molecular weight is 589 g/mol. The molecule has 0 fully saturated rings. The third-order valence-corrected chi connectivity index (χ3v) is 8.39. The summed E-state index contributed by atoms with van der Waals surface area (Å²) in [6.07, 6.45) is 1.42. The summed E-state index contributed by atoms with van der Waals surface area (Å²) in [4.78, 5) is 13.7. The summed E-state index contributed by atoms with van der Waals surface area (Å²) >= 11 is 1.44. The molecule has 0 radical (unpaired) electrons. The minimum Gasteiger partial charge on any atom is -0.492 e. The van der Waals surface area contributed by atoms with Gasteiger partial charge in [0, 0.05) is 12.1 Å². The number of hydrogen-bond donors (Lipinski definition) is 1. The van der Waals surface area contributed by atoms with Crippen LogP contribution in [0.2, 0.25) is 0 Å². The second kappa shape index (κ2) is 11.5. The van der Waals surface area contributed by atoms with E-state index in [1.54, 1.807) is 0 Å². The van der Waals surface area contributed by atoms with Gasteiger partial charge in [-0.05, 0) is 73.5 Å². The van der Waals surface area contributed by atoms with Crippen molar-refractivity contribution >= 4 is 42.6 Å². The first-order valence-electron chi connectivity index (χ1n) is 12.0. The highest BCUT2D eigenvalue weighted by molar-refractivity contribution is 7.89. The van der Waals surface area contributed by atoms with Gasteiger partial charge in [0.1, 0.15) is 23.2 Å². The molecule has 1 N–H and O–H groups in total. The lowest BCUT2D eigenvalue weighted by Crippen LogP contribution is -2.28. The van der Waals surface area contributed by atoms with Crippen LogP contribution in [0.4, 0.5) is 13.2 Å². The molecular formula is C27H23F3N4O4S2. The van der Waals surface area contributed by atoms with Crippen LogP contribution in [0.25, 0.3) is 31.8 Å². The van der Waals surface area contributed by atoms with E-state index in [1.807, 2.05) is 38.1 Å². The van der Waals surface area contributed by atoms with Gasteiger partial charge in [0.05, 0.1) is 44.6 Å². The van der Waals surface area contributed by atoms with Gasteiger partial charge in [0.25, 0.3) is 0 Å². The van der Waals surface area contributed by atoms with Crippen molar-refractivity contribution in [1.82, 2.24) is 19.7 Å². The second-order valence-corrected chi connectivity index (χ2v) is 11.7. The van der Waals surface area contributed by atoms with Gasteiger partial charge in [-0.3, -0.25) is 4.98 Å². The third kappa shape index (κ3) is 6.22. The molecule has 0 bridgehead atoms. The highest BCUT2D eigenvalue weighted by atomic mass is 32.2. The molecule has 0 aliphatic carbocycles. The number of rotatable bonds is 10. The molecule has 2 heterocycles. The van der Waals surface area contributed by atoms with Gasteiger partial charge in [0.15, 0.2) is 0 Å². The molecule has 40 heavy (non-hydrogen) atoms. The Labute approximate surface area is 231 Å². The van der Waals surface area contributed by atoms with Crippen LogP contribution in [0, 0.1) is 19.7 Å². The Kier molecular flexibility index (Phi) is 7.99. The zero-order chi connectivity index (χ0) is 28.4. The first-order valence-corrected chi connectivity index (χ1v) is 14.3.